The number of likely N-dealkylation sites (tertiary alicyclic amines) is 1. The van der Waals surface area contributed by atoms with Gasteiger partial charge in [0.1, 0.15) is 11.8 Å². The molecule has 0 aliphatic carbocycles. The number of amides is 7. The molecule has 0 bridgehead atoms. The Bertz CT molecular complexity index is 1290. The second-order valence-corrected chi connectivity index (χ2v) is 12.0. The van der Waals surface area contributed by atoms with Crippen molar-refractivity contribution in [1.82, 2.24) is 26.2 Å². The van der Waals surface area contributed by atoms with Gasteiger partial charge in [0.05, 0.1) is 30.6 Å². The number of carbonyl (C=O) groups excluding carboxylic acids is 7. The van der Waals surface area contributed by atoms with E-state index in [1.54, 1.807) is 24.3 Å². The Morgan fingerprint density at radius 2 is 1.69 bits per heavy atom. The van der Waals surface area contributed by atoms with Gasteiger partial charge in [-0.05, 0) is 37.0 Å². The molecule has 18 nitrogen and oxygen atoms in total. The number of methoxy groups -OCH3 is 1. The van der Waals surface area contributed by atoms with E-state index < -0.39 is 53.1 Å². The van der Waals surface area contributed by atoms with Gasteiger partial charge in [0.25, 0.3) is 0 Å². The molecule has 0 saturated carbocycles. The van der Waals surface area contributed by atoms with Crippen molar-refractivity contribution in [1.29, 1.82) is 0 Å². The molecule has 0 spiro atoms. The van der Waals surface area contributed by atoms with Gasteiger partial charge in [0.2, 0.25) is 35.4 Å². The van der Waals surface area contributed by atoms with Crippen LogP contribution in [0.3, 0.4) is 0 Å². The van der Waals surface area contributed by atoms with Crippen LogP contribution in [0.15, 0.2) is 24.3 Å². The van der Waals surface area contributed by atoms with Crippen LogP contribution in [0.2, 0.25) is 0 Å². The Kier molecular flexibility index (Phi) is 20.8. The first kappa shape index (κ1) is 43.8. The minimum absolute atomic E-state index is 0. The predicted molar refractivity (Wildman–Crippen MR) is 175 cm³/mol. The number of nitrogens with zero attached hydrogens (tertiary/aromatic N) is 1. The molecule has 20 heteroatoms. The molecule has 49 heavy (non-hydrogen) atoms. The molecule has 12 N–H and O–H groups in total. The summed E-state index contributed by atoms with van der Waals surface area (Å²) < 4.78 is 10.1. The summed E-state index contributed by atoms with van der Waals surface area (Å²) in [5.41, 5.74) is 23.3. The number of ether oxygens (including phenoxy) is 2. The fourth-order valence-corrected chi connectivity index (χ4v) is 5.56. The quantitative estimate of drug-likeness (QED) is 0.0346. The minimum atomic E-state index is -1.16. The summed E-state index contributed by atoms with van der Waals surface area (Å²) in [6.45, 7) is 0.686. The van der Waals surface area contributed by atoms with Crippen molar-refractivity contribution < 1.29 is 75.7 Å². The number of hydrogen-bond donors (Lipinski definition) is 8. The molecule has 1 unspecified atom stereocenters. The Labute approximate surface area is 313 Å². The minimum Gasteiger partial charge on any atom is -0.410 e. The van der Waals surface area contributed by atoms with Crippen LogP contribution in [0, 0.1) is 0 Å². The van der Waals surface area contributed by atoms with Crippen LogP contribution in [-0.4, -0.2) is 116 Å². The van der Waals surface area contributed by atoms with Gasteiger partial charge in [-0.3, -0.25) is 33.7 Å². The Morgan fingerprint density at radius 3 is 2.33 bits per heavy atom. The molecule has 1 aromatic carbocycles. The molecule has 7 amide bonds. The molecule has 1 heterocycles. The summed E-state index contributed by atoms with van der Waals surface area (Å²) in [4.78, 5) is 86.5. The standard InChI is InChI=1S/C29H45N9O9S.Y/c1-46-12-10-34-23(39)8-11-38-24(40)14-22(28(38)44)48-15-21(25(33)41)37-27(43)19(31)3-2-9-35-29(45)47-18-6-4-17(5-7-18)13-20(32)26(42)36-16-30;/h4-7,19-22H,2-3,8-16,30-32H2,1H3,(H2,33,41)(H,34,39)(H,35,45)(H,36,42)(H,37,43);/t19-,20-,21-,22?;/m0./s1. The van der Waals surface area contributed by atoms with E-state index in [4.69, 9.17) is 32.4 Å². The second-order valence-electron chi connectivity index (χ2n) is 10.7. The van der Waals surface area contributed by atoms with E-state index in [9.17, 15) is 33.6 Å². The van der Waals surface area contributed by atoms with Gasteiger partial charge in [-0.15, -0.1) is 11.8 Å². The first-order valence-electron chi connectivity index (χ1n) is 15.2. The van der Waals surface area contributed by atoms with Crippen LogP contribution in [0.4, 0.5) is 4.79 Å². The van der Waals surface area contributed by atoms with Crippen molar-refractivity contribution in [3.8, 4) is 5.75 Å². The van der Waals surface area contributed by atoms with Crippen LogP contribution >= 0.6 is 11.8 Å². The third-order valence-corrected chi connectivity index (χ3v) is 8.31. The fraction of sp³-hybridized carbons (Fsp3) is 0.552. The van der Waals surface area contributed by atoms with E-state index in [0.29, 0.717) is 19.6 Å². The molecule has 1 saturated heterocycles. The number of rotatable bonds is 21. The van der Waals surface area contributed by atoms with E-state index in [1.165, 1.54) is 7.11 Å². The summed E-state index contributed by atoms with van der Waals surface area (Å²) in [5, 5.41) is 9.27. The zero-order chi connectivity index (χ0) is 35.6. The normalized spacial score (nSPS) is 15.8. The first-order valence-corrected chi connectivity index (χ1v) is 16.3. The number of thioether (sulfide) groups is 1. The van der Waals surface area contributed by atoms with E-state index >= 15 is 0 Å². The second kappa shape index (κ2) is 23.3. The fourth-order valence-electron chi connectivity index (χ4n) is 4.36. The van der Waals surface area contributed by atoms with Crippen LogP contribution in [0.1, 0.15) is 31.2 Å². The summed E-state index contributed by atoms with van der Waals surface area (Å²) in [7, 11) is 1.50. The Morgan fingerprint density at radius 1 is 1.00 bits per heavy atom. The van der Waals surface area contributed by atoms with Crippen LogP contribution in [0.25, 0.3) is 0 Å². The number of nitrogens with two attached hydrogens (primary N) is 4. The molecular weight excluding hydrogens is 739 g/mol. The Hall–Kier alpha value is -3.20. The molecule has 269 valence electrons. The molecule has 1 aliphatic rings. The Balaban J connectivity index is 0.0000120. The molecular formula is C29H45N9O9SY. The maximum absolute atomic E-state index is 12.7. The summed E-state index contributed by atoms with van der Waals surface area (Å²) >= 11 is 0.999. The molecule has 1 fully saturated rings. The third-order valence-electron chi connectivity index (χ3n) is 7.02. The van der Waals surface area contributed by atoms with Crippen molar-refractivity contribution >= 4 is 53.3 Å². The van der Waals surface area contributed by atoms with Crippen molar-refractivity contribution in [2.24, 2.45) is 22.9 Å². The molecule has 1 radical (unpaired) electrons. The third kappa shape index (κ3) is 15.9. The maximum atomic E-state index is 12.7. The molecule has 1 aromatic rings. The number of benzene rings is 1. The monoisotopic (exact) mass is 784 g/mol. The van der Waals surface area contributed by atoms with E-state index in [2.05, 4.69) is 21.3 Å². The van der Waals surface area contributed by atoms with E-state index in [-0.39, 0.29) is 101 Å². The van der Waals surface area contributed by atoms with Crippen LogP contribution in [0.5, 0.6) is 5.75 Å². The van der Waals surface area contributed by atoms with E-state index in [0.717, 1.165) is 22.2 Å². The summed E-state index contributed by atoms with van der Waals surface area (Å²) in [5.74, 6) is -2.94. The van der Waals surface area contributed by atoms with Crippen LogP contribution < -0.4 is 48.9 Å². The van der Waals surface area contributed by atoms with Crippen molar-refractivity contribution in [2.75, 3.05) is 45.8 Å². The van der Waals surface area contributed by atoms with Gasteiger partial charge >= 0.3 is 6.09 Å². The predicted octanol–water partition coefficient (Wildman–Crippen LogP) is -3.23. The van der Waals surface area contributed by atoms with Crippen LogP contribution in [-0.2, 0) is 72.6 Å². The number of carbonyl (C=O) groups is 7. The molecule has 2 rings (SSSR count). The number of nitrogens with one attached hydrogen (secondary N) is 4. The number of primary amides is 1. The van der Waals surface area contributed by atoms with Gasteiger partial charge in [-0.25, -0.2) is 4.79 Å². The van der Waals surface area contributed by atoms with Crippen molar-refractivity contribution in [3.05, 3.63) is 29.8 Å². The molecule has 0 aromatic heterocycles. The number of imide groups is 1. The van der Waals surface area contributed by atoms with Gasteiger partial charge in [0.15, 0.2) is 0 Å². The van der Waals surface area contributed by atoms with E-state index in [1.807, 2.05) is 0 Å². The average molecular weight is 785 g/mol. The largest absolute Gasteiger partial charge is 0.412 e. The zero-order valence-corrected chi connectivity index (χ0v) is 31.0. The maximum Gasteiger partial charge on any atom is 0.412 e. The number of hydrogen-bond acceptors (Lipinski definition) is 13. The van der Waals surface area contributed by atoms with Crippen molar-refractivity contribution in [3.63, 3.8) is 0 Å². The average Bonchev–Trinajstić information content (AvgIpc) is 3.32. The summed E-state index contributed by atoms with van der Waals surface area (Å²) in [6, 6.07) is 3.49. The van der Waals surface area contributed by atoms with Gasteiger partial charge < -0.3 is 53.7 Å². The molecule has 4 atom stereocenters. The zero-order valence-electron chi connectivity index (χ0n) is 27.3. The topological polar surface area (TPSA) is 293 Å². The van der Waals surface area contributed by atoms with Gasteiger partial charge in [-0.2, -0.15) is 0 Å². The first-order chi connectivity index (χ1) is 22.9. The van der Waals surface area contributed by atoms with Gasteiger partial charge in [-0.1, -0.05) is 12.1 Å². The molecule has 1 aliphatic heterocycles. The van der Waals surface area contributed by atoms with Gasteiger partial charge in [0, 0.05) is 78.0 Å². The smallest absolute Gasteiger partial charge is 0.410 e. The van der Waals surface area contributed by atoms with Crippen molar-refractivity contribution in [2.45, 2.75) is 55.5 Å². The SMILES string of the molecule is COCCNC(=O)CCN1C(=O)CC(SC[C@H](NC(=O)[C@@H](N)CCCNC(=O)Oc2ccc(C[C@H](N)C(=O)NCN)cc2)C(N)=O)C1=O.[Y]. The summed E-state index contributed by atoms with van der Waals surface area (Å²) in [6.07, 6.45) is -0.171.